The van der Waals surface area contributed by atoms with Gasteiger partial charge in [-0.3, -0.25) is 0 Å². The fraction of sp³-hybridized carbons (Fsp3) is 0.789. The molecule has 0 spiro atoms. The number of aromatic nitrogens is 2. The maximum atomic E-state index is 4.64. The first-order valence-corrected chi connectivity index (χ1v) is 9.14. The molecule has 0 N–H and O–H groups in total. The molecule has 0 bridgehead atoms. The molecule has 0 radical (unpaired) electrons. The zero-order valence-electron chi connectivity index (χ0n) is 14.0. The molecule has 118 valence electrons. The average Bonchev–Trinajstić information content (AvgIpc) is 2.54. The van der Waals surface area contributed by atoms with Crippen LogP contribution in [0, 0.1) is 5.92 Å². The maximum absolute atomic E-state index is 4.64. The highest BCUT2D eigenvalue weighted by Crippen LogP contribution is 2.36. The van der Waals surface area contributed by atoms with Crippen molar-refractivity contribution in [2.45, 2.75) is 90.4 Å². The molecule has 1 fully saturated rings. The van der Waals surface area contributed by atoms with E-state index in [1.807, 2.05) is 0 Å². The van der Waals surface area contributed by atoms with Gasteiger partial charge in [0.1, 0.15) is 5.82 Å². The summed E-state index contributed by atoms with van der Waals surface area (Å²) in [4.78, 5) is 9.29. The molecule has 0 aromatic carbocycles. The molecule has 1 aromatic rings. The van der Waals surface area contributed by atoms with Crippen LogP contribution in [-0.2, 0) is 6.42 Å². The van der Waals surface area contributed by atoms with Gasteiger partial charge in [-0.05, 0) is 50.0 Å². The summed E-state index contributed by atoms with van der Waals surface area (Å²) < 4.78 is 0. The van der Waals surface area contributed by atoms with Crippen LogP contribution >= 0.6 is 0 Å². The first kappa shape index (κ1) is 16.5. The van der Waals surface area contributed by atoms with E-state index in [0.29, 0.717) is 5.92 Å². The van der Waals surface area contributed by atoms with Gasteiger partial charge in [-0.2, -0.15) is 0 Å². The lowest BCUT2D eigenvalue weighted by Crippen LogP contribution is -2.15. The van der Waals surface area contributed by atoms with E-state index in [4.69, 9.17) is 0 Å². The maximum Gasteiger partial charge on any atom is 0.131 e. The van der Waals surface area contributed by atoms with Crippen LogP contribution in [0.4, 0.5) is 0 Å². The average molecular weight is 288 g/mol. The van der Waals surface area contributed by atoms with Crippen LogP contribution in [0.2, 0.25) is 0 Å². The van der Waals surface area contributed by atoms with E-state index in [1.165, 1.54) is 69.8 Å². The van der Waals surface area contributed by atoms with Crippen LogP contribution in [0.25, 0.3) is 0 Å². The molecule has 2 nitrogen and oxygen atoms in total. The molecular weight excluding hydrogens is 256 g/mol. The SMILES string of the molecule is CCCCC[C@H]1CC[C@H](c2ncc(CCCC)cn2)CC1. The Hall–Kier alpha value is -0.920. The van der Waals surface area contributed by atoms with E-state index in [2.05, 4.69) is 36.2 Å². The molecule has 0 aliphatic heterocycles. The molecule has 2 rings (SSSR count). The summed E-state index contributed by atoms with van der Waals surface area (Å²) in [6.07, 6.45) is 18.7. The minimum atomic E-state index is 0.618. The largest absolute Gasteiger partial charge is 0.241 e. The van der Waals surface area contributed by atoms with E-state index >= 15 is 0 Å². The van der Waals surface area contributed by atoms with Crippen molar-refractivity contribution >= 4 is 0 Å². The zero-order chi connectivity index (χ0) is 14.9. The van der Waals surface area contributed by atoms with Crippen molar-refractivity contribution in [1.82, 2.24) is 9.97 Å². The van der Waals surface area contributed by atoms with Crippen LogP contribution in [0.1, 0.15) is 95.4 Å². The number of nitrogens with zero attached hydrogens (tertiary/aromatic N) is 2. The summed E-state index contributed by atoms with van der Waals surface area (Å²) in [7, 11) is 0. The van der Waals surface area contributed by atoms with Crippen molar-refractivity contribution in [3.05, 3.63) is 23.8 Å². The summed E-state index contributed by atoms with van der Waals surface area (Å²) in [5.74, 6) is 2.69. The van der Waals surface area contributed by atoms with Crippen molar-refractivity contribution in [3.8, 4) is 0 Å². The Morgan fingerprint density at radius 2 is 1.57 bits per heavy atom. The van der Waals surface area contributed by atoms with Gasteiger partial charge >= 0.3 is 0 Å². The lowest BCUT2D eigenvalue weighted by atomic mass is 9.79. The lowest BCUT2D eigenvalue weighted by Gasteiger charge is -2.27. The van der Waals surface area contributed by atoms with Gasteiger partial charge in [0.05, 0.1) is 0 Å². The van der Waals surface area contributed by atoms with Gasteiger partial charge in [0.25, 0.3) is 0 Å². The van der Waals surface area contributed by atoms with Gasteiger partial charge in [0.15, 0.2) is 0 Å². The second kappa shape index (κ2) is 9.17. The van der Waals surface area contributed by atoms with E-state index in [0.717, 1.165) is 18.2 Å². The van der Waals surface area contributed by atoms with Gasteiger partial charge in [0, 0.05) is 18.3 Å². The van der Waals surface area contributed by atoms with Crippen molar-refractivity contribution in [1.29, 1.82) is 0 Å². The Morgan fingerprint density at radius 3 is 2.19 bits per heavy atom. The fourth-order valence-corrected chi connectivity index (χ4v) is 3.48. The quantitative estimate of drug-likeness (QED) is 0.576. The second-order valence-corrected chi connectivity index (χ2v) is 6.77. The van der Waals surface area contributed by atoms with Crippen LogP contribution in [0.15, 0.2) is 12.4 Å². The van der Waals surface area contributed by atoms with E-state index < -0.39 is 0 Å². The number of rotatable bonds is 8. The molecule has 0 saturated heterocycles. The Labute approximate surface area is 130 Å². The Bertz CT molecular complexity index is 377. The van der Waals surface area contributed by atoms with Crippen LogP contribution in [0.5, 0.6) is 0 Å². The van der Waals surface area contributed by atoms with Crippen molar-refractivity contribution in [2.24, 2.45) is 5.92 Å². The van der Waals surface area contributed by atoms with Gasteiger partial charge in [-0.25, -0.2) is 9.97 Å². The Kier molecular flexibility index (Phi) is 7.18. The minimum absolute atomic E-state index is 0.618. The molecule has 2 heteroatoms. The van der Waals surface area contributed by atoms with Crippen molar-refractivity contribution in [3.63, 3.8) is 0 Å². The molecule has 21 heavy (non-hydrogen) atoms. The Morgan fingerprint density at radius 1 is 0.905 bits per heavy atom. The van der Waals surface area contributed by atoms with Gasteiger partial charge in [-0.15, -0.1) is 0 Å². The molecular formula is C19H32N2. The number of unbranched alkanes of at least 4 members (excludes halogenated alkanes) is 3. The lowest BCUT2D eigenvalue weighted by molar-refractivity contribution is 0.297. The van der Waals surface area contributed by atoms with Crippen LogP contribution < -0.4 is 0 Å². The molecule has 1 saturated carbocycles. The van der Waals surface area contributed by atoms with Gasteiger partial charge < -0.3 is 0 Å². The number of hydrogen-bond acceptors (Lipinski definition) is 2. The van der Waals surface area contributed by atoms with Crippen LogP contribution in [-0.4, -0.2) is 9.97 Å². The van der Waals surface area contributed by atoms with Crippen molar-refractivity contribution < 1.29 is 0 Å². The molecule has 1 aliphatic rings. The highest BCUT2D eigenvalue weighted by atomic mass is 14.9. The third-order valence-electron chi connectivity index (χ3n) is 4.97. The van der Waals surface area contributed by atoms with Gasteiger partial charge in [-0.1, -0.05) is 46.0 Å². The highest BCUT2D eigenvalue weighted by molar-refractivity contribution is 5.08. The standard InChI is InChI=1S/C19H32N2/c1-3-5-7-9-16-10-12-18(13-11-16)19-20-14-17(15-21-19)8-6-4-2/h14-16,18H,3-13H2,1-2H3/t16-,18-. The van der Waals surface area contributed by atoms with Gasteiger partial charge in [0.2, 0.25) is 0 Å². The summed E-state index contributed by atoms with van der Waals surface area (Å²) in [6.45, 7) is 4.52. The first-order valence-electron chi connectivity index (χ1n) is 9.14. The molecule has 1 aliphatic carbocycles. The van der Waals surface area contributed by atoms with Crippen LogP contribution in [0.3, 0.4) is 0 Å². The number of hydrogen-bond donors (Lipinski definition) is 0. The summed E-state index contributed by atoms with van der Waals surface area (Å²) in [5, 5.41) is 0. The second-order valence-electron chi connectivity index (χ2n) is 6.77. The Balaban J connectivity index is 1.76. The molecule has 1 aromatic heterocycles. The zero-order valence-corrected chi connectivity index (χ0v) is 14.0. The van der Waals surface area contributed by atoms with Crippen molar-refractivity contribution in [2.75, 3.05) is 0 Å². The monoisotopic (exact) mass is 288 g/mol. The normalized spacial score (nSPS) is 22.4. The fourth-order valence-electron chi connectivity index (χ4n) is 3.48. The predicted octanol–water partition coefficient (Wildman–Crippen LogP) is 5.67. The first-order chi connectivity index (χ1) is 10.3. The molecule has 0 unspecified atom stereocenters. The summed E-state index contributed by atoms with van der Waals surface area (Å²) in [5.41, 5.74) is 1.30. The summed E-state index contributed by atoms with van der Waals surface area (Å²) >= 11 is 0. The third-order valence-corrected chi connectivity index (χ3v) is 4.97. The van der Waals surface area contributed by atoms with E-state index in [-0.39, 0.29) is 0 Å². The number of aryl methyl sites for hydroxylation is 1. The highest BCUT2D eigenvalue weighted by Gasteiger charge is 2.23. The molecule has 1 heterocycles. The third kappa shape index (κ3) is 5.41. The topological polar surface area (TPSA) is 25.8 Å². The predicted molar refractivity (Wildman–Crippen MR) is 89.5 cm³/mol. The van der Waals surface area contributed by atoms with E-state index in [1.54, 1.807) is 0 Å². The molecule has 0 amide bonds. The summed E-state index contributed by atoms with van der Waals surface area (Å²) in [6, 6.07) is 0. The molecule has 0 atom stereocenters. The smallest absolute Gasteiger partial charge is 0.131 e. The van der Waals surface area contributed by atoms with E-state index in [9.17, 15) is 0 Å². The minimum Gasteiger partial charge on any atom is -0.241 e.